The van der Waals surface area contributed by atoms with Gasteiger partial charge in [-0.05, 0) is 56.0 Å². The van der Waals surface area contributed by atoms with Gasteiger partial charge < -0.3 is 14.5 Å². The molecule has 37 heavy (non-hydrogen) atoms. The highest BCUT2D eigenvalue weighted by Gasteiger charge is 2.33. The summed E-state index contributed by atoms with van der Waals surface area (Å²) in [7, 11) is -2.28. The van der Waals surface area contributed by atoms with E-state index in [9.17, 15) is 13.2 Å². The van der Waals surface area contributed by atoms with Crippen LogP contribution in [0.15, 0.2) is 71.6 Å². The van der Waals surface area contributed by atoms with Gasteiger partial charge in [0, 0.05) is 26.2 Å². The van der Waals surface area contributed by atoms with Gasteiger partial charge in [-0.1, -0.05) is 60.2 Å². The number of methoxy groups -OCH3 is 1. The number of ether oxygens (including phenoxy) is 1. The topological polar surface area (TPSA) is 79.0 Å². The predicted molar refractivity (Wildman–Crippen MR) is 147 cm³/mol. The molecule has 1 amide bonds. The molecule has 7 nitrogen and oxygen atoms in total. The molecule has 0 spiro atoms. The van der Waals surface area contributed by atoms with Crippen LogP contribution in [0.2, 0.25) is 0 Å². The Hall–Kier alpha value is -3.36. The molecule has 1 fully saturated rings. The van der Waals surface area contributed by atoms with E-state index in [1.165, 1.54) is 0 Å². The van der Waals surface area contributed by atoms with E-state index in [-0.39, 0.29) is 17.2 Å². The fourth-order valence-corrected chi connectivity index (χ4v) is 6.79. The van der Waals surface area contributed by atoms with E-state index >= 15 is 0 Å². The second kappa shape index (κ2) is 11.4. The van der Waals surface area contributed by atoms with Gasteiger partial charge in [0.1, 0.15) is 11.8 Å². The number of para-hydroxylation sites is 2. The quantitative estimate of drug-likeness (QED) is 0.487. The molecule has 1 heterocycles. The summed E-state index contributed by atoms with van der Waals surface area (Å²) in [6.07, 6.45) is 0.273. The molecular weight excluding hydrogens is 486 g/mol. The van der Waals surface area contributed by atoms with Gasteiger partial charge in [-0.15, -0.1) is 0 Å². The van der Waals surface area contributed by atoms with Gasteiger partial charge in [-0.25, -0.2) is 8.42 Å². The van der Waals surface area contributed by atoms with Crippen LogP contribution in [0.25, 0.3) is 0 Å². The Labute approximate surface area is 220 Å². The first-order chi connectivity index (χ1) is 17.7. The molecule has 1 aliphatic heterocycles. The molecule has 3 aromatic carbocycles. The smallest absolute Gasteiger partial charge is 0.241 e. The lowest BCUT2D eigenvalue weighted by molar-refractivity contribution is -0.133. The second-order valence-electron chi connectivity index (χ2n) is 9.58. The first-order valence-corrected chi connectivity index (χ1v) is 14.0. The molecule has 0 unspecified atom stereocenters. The number of hydrogen-bond acceptors (Lipinski definition) is 5. The lowest BCUT2D eigenvalue weighted by Gasteiger charge is -2.38. The van der Waals surface area contributed by atoms with Crippen LogP contribution in [0, 0.1) is 20.8 Å². The number of piperazine rings is 1. The standard InChI is InChI=1S/C29H35N3O4S/c1-21-18-22(2)28(23(3)19-21)37(34,35)30-25(20-24-10-6-5-7-11-24)29(33)32-16-14-31(15-17-32)26-12-8-9-13-27(26)36-4/h5-13,18-19,25,30H,14-17,20H2,1-4H3/t25-/m0/s1. The number of carbonyl (C=O) groups excluding carboxylic acids is 1. The molecule has 0 radical (unpaired) electrons. The van der Waals surface area contributed by atoms with E-state index < -0.39 is 16.1 Å². The Morgan fingerprint density at radius 1 is 0.919 bits per heavy atom. The molecule has 8 heteroatoms. The molecule has 1 N–H and O–H groups in total. The van der Waals surface area contributed by atoms with Crippen LogP contribution in [-0.2, 0) is 21.2 Å². The zero-order valence-electron chi connectivity index (χ0n) is 21.9. The maximum absolute atomic E-state index is 13.8. The number of aryl methyl sites for hydroxylation is 3. The van der Waals surface area contributed by atoms with Crippen LogP contribution in [-0.4, -0.2) is 58.6 Å². The highest BCUT2D eigenvalue weighted by Crippen LogP contribution is 2.29. The number of sulfonamides is 1. The normalized spacial score (nSPS) is 14.9. The third-order valence-corrected chi connectivity index (χ3v) is 8.54. The monoisotopic (exact) mass is 521 g/mol. The van der Waals surface area contributed by atoms with Gasteiger partial charge in [0.15, 0.2) is 0 Å². The Kier molecular flexibility index (Phi) is 8.19. The molecule has 196 valence electrons. The lowest BCUT2D eigenvalue weighted by Crippen LogP contribution is -2.55. The van der Waals surface area contributed by atoms with Crippen LogP contribution in [0.1, 0.15) is 22.3 Å². The van der Waals surface area contributed by atoms with Gasteiger partial charge >= 0.3 is 0 Å². The average Bonchev–Trinajstić information content (AvgIpc) is 2.87. The molecule has 0 bridgehead atoms. The summed E-state index contributed by atoms with van der Waals surface area (Å²) < 4.78 is 35.4. The summed E-state index contributed by atoms with van der Waals surface area (Å²) >= 11 is 0. The summed E-state index contributed by atoms with van der Waals surface area (Å²) in [4.78, 5) is 18.0. The molecule has 0 aliphatic carbocycles. The van der Waals surface area contributed by atoms with Crippen molar-refractivity contribution in [1.29, 1.82) is 0 Å². The number of benzene rings is 3. The summed E-state index contributed by atoms with van der Waals surface area (Å²) in [6.45, 7) is 7.77. The third-order valence-electron chi connectivity index (χ3n) is 6.77. The van der Waals surface area contributed by atoms with E-state index in [0.29, 0.717) is 37.3 Å². The Morgan fingerprint density at radius 2 is 1.51 bits per heavy atom. The van der Waals surface area contributed by atoms with Crippen molar-refractivity contribution in [2.45, 2.75) is 38.1 Å². The number of anilines is 1. The third kappa shape index (κ3) is 6.14. The van der Waals surface area contributed by atoms with Crippen molar-refractivity contribution in [3.05, 3.63) is 89.0 Å². The van der Waals surface area contributed by atoms with Gasteiger partial charge in [0.2, 0.25) is 15.9 Å². The lowest BCUT2D eigenvalue weighted by atomic mass is 10.1. The Balaban J connectivity index is 1.56. The van der Waals surface area contributed by atoms with Gasteiger partial charge in [0.05, 0.1) is 17.7 Å². The van der Waals surface area contributed by atoms with E-state index in [1.54, 1.807) is 25.9 Å². The van der Waals surface area contributed by atoms with Crippen molar-refractivity contribution >= 4 is 21.6 Å². The molecule has 1 atom stereocenters. The number of amides is 1. The minimum Gasteiger partial charge on any atom is -0.495 e. The summed E-state index contributed by atoms with van der Waals surface area (Å²) in [6, 6.07) is 20.1. The van der Waals surface area contributed by atoms with Crippen LogP contribution in [0.4, 0.5) is 5.69 Å². The largest absolute Gasteiger partial charge is 0.495 e. The minimum absolute atomic E-state index is 0.213. The van der Waals surface area contributed by atoms with E-state index in [4.69, 9.17) is 4.74 Å². The zero-order valence-corrected chi connectivity index (χ0v) is 22.7. The van der Waals surface area contributed by atoms with Gasteiger partial charge in [-0.2, -0.15) is 4.72 Å². The summed E-state index contributed by atoms with van der Waals surface area (Å²) in [5, 5.41) is 0. The van der Waals surface area contributed by atoms with Gasteiger partial charge in [-0.3, -0.25) is 4.79 Å². The van der Waals surface area contributed by atoms with Crippen molar-refractivity contribution in [3.63, 3.8) is 0 Å². The Bertz CT molecular complexity index is 1330. The zero-order chi connectivity index (χ0) is 26.6. The molecule has 1 aliphatic rings. The molecule has 4 rings (SSSR count). The maximum Gasteiger partial charge on any atom is 0.241 e. The maximum atomic E-state index is 13.8. The highest BCUT2D eigenvalue weighted by molar-refractivity contribution is 7.89. The number of nitrogens with zero attached hydrogens (tertiary/aromatic N) is 2. The second-order valence-corrected chi connectivity index (χ2v) is 11.2. The van der Waals surface area contributed by atoms with Crippen molar-refractivity contribution in [3.8, 4) is 5.75 Å². The van der Waals surface area contributed by atoms with Crippen LogP contribution in [0.3, 0.4) is 0 Å². The first-order valence-electron chi connectivity index (χ1n) is 12.5. The Morgan fingerprint density at radius 3 is 2.14 bits per heavy atom. The fraction of sp³-hybridized carbons (Fsp3) is 0.345. The number of rotatable bonds is 8. The average molecular weight is 522 g/mol. The van der Waals surface area contributed by atoms with Crippen LogP contribution in [0.5, 0.6) is 5.75 Å². The summed E-state index contributed by atoms with van der Waals surface area (Å²) in [5.74, 6) is 0.579. The van der Waals surface area contributed by atoms with Crippen molar-refractivity contribution in [1.82, 2.24) is 9.62 Å². The molecule has 0 aromatic heterocycles. The number of nitrogens with one attached hydrogen (secondary N) is 1. The summed E-state index contributed by atoms with van der Waals surface area (Å²) in [5.41, 5.74) is 4.22. The SMILES string of the molecule is COc1ccccc1N1CCN(C(=O)[C@H](Cc2ccccc2)NS(=O)(=O)c2c(C)cc(C)cc2C)CC1. The van der Waals surface area contributed by atoms with Gasteiger partial charge in [0.25, 0.3) is 0 Å². The first kappa shape index (κ1) is 26.7. The van der Waals surface area contributed by atoms with Crippen LogP contribution < -0.4 is 14.4 Å². The predicted octanol–water partition coefficient (Wildman–Crippen LogP) is 3.86. The minimum atomic E-state index is -3.93. The van der Waals surface area contributed by atoms with Crippen molar-refractivity contribution < 1.29 is 17.9 Å². The fourth-order valence-electron chi connectivity index (χ4n) is 5.15. The number of carbonyl (C=O) groups is 1. The molecule has 0 saturated carbocycles. The number of hydrogen-bond donors (Lipinski definition) is 1. The molecular formula is C29H35N3O4S. The molecule has 3 aromatic rings. The van der Waals surface area contributed by atoms with Crippen LogP contribution >= 0.6 is 0 Å². The van der Waals surface area contributed by atoms with Crippen molar-refractivity contribution in [2.24, 2.45) is 0 Å². The molecule has 1 saturated heterocycles. The van der Waals surface area contributed by atoms with E-state index in [1.807, 2.05) is 73.7 Å². The van der Waals surface area contributed by atoms with Crippen molar-refractivity contribution in [2.75, 3.05) is 38.2 Å². The van der Waals surface area contributed by atoms with E-state index in [2.05, 4.69) is 9.62 Å². The highest BCUT2D eigenvalue weighted by atomic mass is 32.2. The van der Waals surface area contributed by atoms with E-state index in [0.717, 1.165) is 22.6 Å².